The van der Waals surface area contributed by atoms with Crippen LogP contribution >= 0.6 is 0 Å². The summed E-state index contributed by atoms with van der Waals surface area (Å²) < 4.78 is 27.0. The summed E-state index contributed by atoms with van der Waals surface area (Å²) in [4.78, 5) is 22.0. The number of carbonyl (C=O) groups excluding carboxylic acids is 1. The Hall–Kier alpha value is -1.73. The molecule has 0 radical (unpaired) electrons. The van der Waals surface area contributed by atoms with Crippen molar-refractivity contribution in [1.82, 2.24) is 4.72 Å². The number of hydrogen-bond acceptors (Lipinski definition) is 4. The zero-order valence-electron chi connectivity index (χ0n) is 11.6. The standard InChI is InChI=1S/C14H17NO5S/c1-9(16)10-4-6-12(7-5-10)21(19,20)15-13(8-14(17)18)11-2-3-11/h4-7,11,13,15H,2-3,8H2,1H3,(H,17,18). The summed E-state index contributed by atoms with van der Waals surface area (Å²) in [6.45, 7) is 1.40. The first-order valence-electron chi connectivity index (χ1n) is 6.65. The predicted molar refractivity (Wildman–Crippen MR) is 75.5 cm³/mol. The van der Waals surface area contributed by atoms with Crippen LogP contribution in [0, 0.1) is 5.92 Å². The molecule has 114 valence electrons. The van der Waals surface area contributed by atoms with Gasteiger partial charge in [-0.2, -0.15) is 0 Å². The molecule has 2 rings (SSSR count). The van der Waals surface area contributed by atoms with E-state index in [1.807, 2.05) is 0 Å². The van der Waals surface area contributed by atoms with Gasteiger partial charge in [-0.25, -0.2) is 13.1 Å². The maximum atomic E-state index is 12.2. The first kappa shape index (κ1) is 15.7. The maximum absolute atomic E-state index is 12.2. The predicted octanol–water partition coefficient (Wildman–Crippen LogP) is 1.42. The van der Waals surface area contributed by atoms with E-state index in [1.165, 1.54) is 31.2 Å². The average Bonchev–Trinajstić information content (AvgIpc) is 3.21. The summed E-state index contributed by atoms with van der Waals surface area (Å²) in [5.41, 5.74) is 0.429. The number of hydrogen-bond donors (Lipinski definition) is 2. The number of carbonyl (C=O) groups is 2. The van der Waals surface area contributed by atoms with Crippen LogP contribution in [0.2, 0.25) is 0 Å². The lowest BCUT2D eigenvalue weighted by atomic mass is 10.1. The van der Waals surface area contributed by atoms with Gasteiger partial charge in [0.15, 0.2) is 5.78 Å². The molecule has 0 spiro atoms. The summed E-state index contributed by atoms with van der Waals surface area (Å²) >= 11 is 0. The number of ketones is 1. The molecule has 1 unspecified atom stereocenters. The minimum Gasteiger partial charge on any atom is -0.481 e. The largest absolute Gasteiger partial charge is 0.481 e. The molecule has 1 aromatic carbocycles. The molecular weight excluding hydrogens is 294 g/mol. The van der Waals surface area contributed by atoms with Gasteiger partial charge in [-0.1, -0.05) is 12.1 Å². The molecule has 21 heavy (non-hydrogen) atoms. The summed E-state index contributed by atoms with van der Waals surface area (Å²) in [5.74, 6) is -1.08. The Morgan fingerprint density at radius 2 is 1.86 bits per heavy atom. The van der Waals surface area contributed by atoms with E-state index in [2.05, 4.69) is 4.72 Å². The topological polar surface area (TPSA) is 101 Å². The van der Waals surface area contributed by atoms with Crippen LogP contribution in [0.5, 0.6) is 0 Å². The number of Topliss-reactive ketones (excluding diaryl/α,β-unsaturated/α-hetero) is 1. The smallest absolute Gasteiger partial charge is 0.304 e. The zero-order chi connectivity index (χ0) is 15.6. The van der Waals surface area contributed by atoms with Crippen molar-refractivity contribution in [2.45, 2.75) is 37.1 Å². The SMILES string of the molecule is CC(=O)c1ccc(S(=O)(=O)NC(CC(=O)O)C2CC2)cc1. The van der Waals surface area contributed by atoms with Gasteiger partial charge in [0, 0.05) is 11.6 Å². The minimum absolute atomic E-state index is 0.0311. The first-order chi connectivity index (χ1) is 9.79. The van der Waals surface area contributed by atoms with Crippen LogP contribution in [0.25, 0.3) is 0 Å². The third-order valence-electron chi connectivity index (χ3n) is 3.46. The highest BCUT2D eigenvalue weighted by Crippen LogP contribution is 2.34. The van der Waals surface area contributed by atoms with Gasteiger partial charge in [0.1, 0.15) is 0 Å². The monoisotopic (exact) mass is 311 g/mol. The second-order valence-corrected chi connectivity index (χ2v) is 6.96. The molecular formula is C14H17NO5S. The van der Waals surface area contributed by atoms with Crippen LogP contribution in [-0.4, -0.2) is 31.3 Å². The minimum atomic E-state index is -3.78. The number of carboxylic acids is 1. The molecule has 0 saturated heterocycles. The highest BCUT2D eigenvalue weighted by atomic mass is 32.2. The molecule has 0 amide bonds. The molecule has 1 saturated carbocycles. The third-order valence-corrected chi connectivity index (χ3v) is 4.97. The van der Waals surface area contributed by atoms with E-state index in [9.17, 15) is 18.0 Å². The molecule has 1 aliphatic carbocycles. The van der Waals surface area contributed by atoms with Gasteiger partial charge < -0.3 is 5.11 Å². The van der Waals surface area contributed by atoms with Crippen molar-refractivity contribution in [3.8, 4) is 0 Å². The van der Waals surface area contributed by atoms with Crippen molar-refractivity contribution in [1.29, 1.82) is 0 Å². The fraction of sp³-hybridized carbons (Fsp3) is 0.429. The molecule has 0 aliphatic heterocycles. The molecule has 0 heterocycles. The Balaban J connectivity index is 2.16. The average molecular weight is 311 g/mol. The van der Waals surface area contributed by atoms with Crippen LogP contribution in [-0.2, 0) is 14.8 Å². The van der Waals surface area contributed by atoms with Gasteiger partial charge in [-0.3, -0.25) is 9.59 Å². The van der Waals surface area contributed by atoms with Crippen LogP contribution < -0.4 is 4.72 Å². The van der Waals surface area contributed by atoms with E-state index in [1.54, 1.807) is 0 Å². The summed E-state index contributed by atoms with van der Waals surface area (Å²) in [6.07, 6.45) is 1.45. The van der Waals surface area contributed by atoms with Crippen LogP contribution in [0.4, 0.5) is 0 Å². The molecule has 6 nitrogen and oxygen atoms in total. The third kappa shape index (κ3) is 4.12. The Bertz CT molecular complexity index is 646. The van der Waals surface area contributed by atoms with Gasteiger partial charge in [-0.05, 0) is 37.8 Å². The molecule has 1 atom stereocenters. The van der Waals surface area contributed by atoms with Crippen LogP contribution in [0.3, 0.4) is 0 Å². The molecule has 1 aromatic rings. The van der Waals surface area contributed by atoms with Crippen LogP contribution in [0.15, 0.2) is 29.2 Å². The Labute approximate surface area is 123 Å². The molecule has 0 aromatic heterocycles. The van der Waals surface area contributed by atoms with Gasteiger partial charge >= 0.3 is 5.97 Å². The number of nitrogens with one attached hydrogen (secondary N) is 1. The molecule has 1 aliphatic rings. The lowest BCUT2D eigenvalue weighted by molar-refractivity contribution is -0.137. The number of rotatable bonds is 7. The highest BCUT2D eigenvalue weighted by Gasteiger charge is 2.35. The maximum Gasteiger partial charge on any atom is 0.304 e. The van der Waals surface area contributed by atoms with Gasteiger partial charge in [0.25, 0.3) is 0 Å². The van der Waals surface area contributed by atoms with E-state index in [-0.39, 0.29) is 23.0 Å². The summed E-state index contributed by atoms with van der Waals surface area (Å²) in [5, 5.41) is 8.85. The highest BCUT2D eigenvalue weighted by molar-refractivity contribution is 7.89. The van der Waals surface area contributed by atoms with E-state index in [0.29, 0.717) is 5.56 Å². The number of carboxylic acid groups (broad SMARTS) is 1. The fourth-order valence-corrected chi connectivity index (χ4v) is 3.43. The Morgan fingerprint density at radius 3 is 2.29 bits per heavy atom. The molecule has 2 N–H and O–H groups in total. The van der Waals surface area contributed by atoms with Crippen molar-refractivity contribution in [3.05, 3.63) is 29.8 Å². The van der Waals surface area contributed by atoms with E-state index >= 15 is 0 Å². The lowest BCUT2D eigenvalue weighted by Crippen LogP contribution is -2.38. The Kier molecular flexibility index (Phi) is 4.43. The molecule has 0 bridgehead atoms. The molecule has 7 heteroatoms. The van der Waals surface area contributed by atoms with Crippen molar-refractivity contribution < 1.29 is 23.1 Å². The Morgan fingerprint density at radius 1 is 1.29 bits per heavy atom. The summed E-state index contributed by atoms with van der Waals surface area (Å²) in [6, 6.07) is 5.01. The fourth-order valence-electron chi connectivity index (χ4n) is 2.13. The first-order valence-corrected chi connectivity index (χ1v) is 8.13. The van der Waals surface area contributed by atoms with Crippen LogP contribution in [0.1, 0.15) is 36.5 Å². The van der Waals surface area contributed by atoms with Crippen molar-refractivity contribution in [3.63, 3.8) is 0 Å². The van der Waals surface area contributed by atoms with Gasteiger partial charge in [0.2, 0.25) is 10.0 Å². The van der Waals surface area contributed by atoms with E-state index < -0.39 is 22.0 Å². The second kappa shape index (κ2) is 5.95. The van der Waals surface area contributed by atoms with E-state index in [0.717, 1.165) is 12.8 Å². The van der Waals surface area contributed by atoms with Gasteiger partial charge in [0.05, 0.1) is 11.3 Å². The van der Waals surface area contributed by atoms with Crippen molar-refractivity contribution in [2.24, 2.45) is 5.92 Å². The van der Waals surface area contributed by atoms with Gasteiger partial charge in [-0.15, -0.1) is 0 Å². The normalized spacial score (nSPS) is 16.4. The van der Waals surface area contributed by atoms with Crippen molar-refractivity contribution >= 4 is 21.8 Å². The number of aliphatic carboxylic acids is 1. The number of benzene rings is 1. The lowest BCUT2D eigenvalue weighted by Gasteiger charge is -2.16. The zero-order valence-corrected chi connectivity index (χ0v) is 12.4. The van der Waals surface area contributed by atoms with E-state index in [4.69, 9.17) is 5.11 Å². The quantitative estimate of drug-likeness (QED) is 0.742. The second-order valence-electron chi connectivity index (χ2n) is 5.24. The summed E-state index contributed by atoms with van der Waals surface area (Å²) in [7, 11) is -3.78. The number of sulfonamides is 1. The molecule has 1 fully saturated rings. The van der Waals surface area contributed by atoms with Crippen molar-refractivity contribution in [2.75, 3.05) is 0 Å².